The van der Waals surface area contributed by atoms with Gasteiger partial charge in [-0.15, -0.1) is 0 Å². The van der Waals surface area contributed by atoms with Crippen molar-refractivity contribution in [3.8, 4) is 0 Å². The molecule has 0 amide bonds. The number of hydrogen-bond donors (Lipinski definition) is 2. The van der Waals surface area contributed by atoms with Gasteiger partial charge in [-0.3, -0.25) is 4.79 Å². The van der Waals surface area contributed by atoms with E-state index in [0.29, 0.717) is 18.8 Å². The van der Waals surface area contributed by atoms with Crippen molar-refractivity contribution in [1.29, 1.82) is 0 Å². The number of benzene rings is 2. The first-order valence-corrected chi connectivity index (χ1v) is 8.82. The Morgan fingerprint density at radius 3 is 2.52 bits per heavy atom. The average Bonchev–Trinajstić information content (AvgIpc) is 2.81. The van der Waals surface area contributed by atoms with Crippen LogP contribution in [-0.4, -0.2) is 30.2 Å². The quantitative estimate of drug-likeness (QED) is 0.818. The molecule has 1 aliphatic rings. The summed E-state index contributed by atoms with van der Waals surface area (Å²) in [5, 5.41) is 12.1. The van der Waals surface area contributed by atoms with Crippen LogP contribution in [0.4, 0.5) is 24.5 Å². The van der Waals surface area contributed by atoms with Gasteiger partial charge < -0.3 is 15.3 Å². The van der Waals surface area contributed by atoms with E-state index < -0.39 is 17.7 Å². The predicted molar refractivity (Wildman–Crippen MR) is 97.3 cm³/mol. The van der Waals surface area contributed by atoms with Gasteiger partial charge in [-0.2, -0.15) is 13.2 Å². The Kier molecular flexibility index (Phi) is 5.70. The lowest BCUT2D eigenvalue weighted by atomic mass is 10.1. The summed E-state index contributed by atoms with van der Waals surface area (Å²) in [4.78, 5) is 12.7. The monoisotopic (exact) mass is 378 g/mol. The van der Waals surface area contributed by atoms with Crippen molar-refractivity contribution in [1.82, 2.24) is 5.32 Å². The van der Waals surface area contributed by atoms with Crippen LogP contribution in [0.3, 0.4) is 0 Å². The van der Waals surface area contributed by atoms with Gasteiger partial charge in [0.25, 0.3) is 0 Å². The number of carboxylic acid groups (broad SMARTS) is 1. The number of carboxylic acids is 1. The summed E-state index contributed by atoms with van der Waals surface area (Å²) in [6, 6.07) is 13.0. The first-order chi connectivity index (χ1) is 12.8. The summed E-state index contributed by atoms with van der Waals surface area (Å²) in [7, 11) is 0. The zero-order chi connectivity index (χ0) is 19.4. The molecular formula is C20H21F3N2O2. The van der Waals surface area contributed by atoms with Gasteiger partial charge in [-0.1, -0.05) is 18.2 Å². The Morgan fingerprint density at radius 2 is 1.85 bits per heavy atom. The van der Waals surface area contributed by atoms with Crippen LogP contribution in [0.15, 0.2) is 48.5 Å². The van der Waals surface area contributed by atoms with Gasteiger partial charge in [-0.05, 0) is 48.7 Å². The lowest BCUT2D eigenvalue weighted by Crippen LogP contribution is -2.39. The Balaban J connectivity index is 1.86. The normalized spacial score (nSPS) is 17.3. The van der Waals surface area contributed by atoms with Crippen molar-refractivity contribution in [2.24, 2.45) is 0 Å². The van der Waals surface area contributed by atoms with E-state index in [9.17, 15) is 18.0 Å². The molecule has 4 nitrogen and oxygen atoms in total. The van der Waals surface area contributed by atoms with E-state index in [1.165, 1.54) is 12.1 Å². The fraction of sp³-hybridized carbons (Fsp3) is 0.350. The molecule has 0 radical (unpaired) electrons. The molecule has 0 aromatic heterocycles. The molecule has 1 unspecified atom stereocenters. The number of aryl methyl sites for hydroxylation is 1. The van der Waals surface area contributed by atoms with Crippen LogP contribution in [-0.2, 0) is 17.4 Å². The molecule has 0 fully saturated rings. The number of nitrogens with one attached hydrogen (secondary N) is 1. The van der Waals surface area contributed by atoms with Crippen LogP contribution in [0.25, 0.3) is 0 Å². The largest absolute Gasteiger partial charge is 0.481 e. The van der Waals surface area contributed by atoms with Gasteiger partial charge in [0.15, 0.2) is 0 Å². The van der Waals surface area contributed by atoms with Gasteiger partial charge in [0, 0.05) is 30.5 Å². The summed E-state index contributed by atoms with van der Waals surface area (Å²) in [6.07, 6.45) is -2.69. The fourth-order valence-electron chi connectivity index (χ4n) is 3.35. The van der Waals surface area contributed by atoms with Gasteiger partial charge in [0.05, 0.1) is 12.0 Å². The van der Waals surface area contributed by atoms with Crippen molar-refractivity contribution >= 4 is 17.3 Å². The summed E-state index contributed by atoms with van der Waals surface area (Å²) in [5.41, 5.74) is 2.10. The van der Waals surface area contributed by atoms with Crippen LogP contribution in [0.5, 0.6) is 0 Å². The molecular weight excluding hydrogens is 357 g/mol. The Bertz CT molecular complexity index is 791. The highest BCUT2D eigenvalue weighted by Gasteiger charge is 2.30. The zero-order valence-electron chi connectivity index (χ0n) is 14.7. The van der Waals surface area contributed by atoms with Crippen LogP contribution in [0, 0.1) is 0 Å². The molecule has 27 heavy (non-hydrogen) atoms. The fourth-order valence-corrected chi connectivity index (χ4v) is 3.35. The average molecular weight is 378 g/mol. The van der Waals surface area contributed by atoms with Crippen LogP contribution in [0.2, 0.25) is 0 Å². The predicted octanol–water partition coefficient (Wildman–Crippen LogP) is 4.22. The molecule has 1 heterocycles. The molecule has 3 rings (SSSR count). The van der Waals surface area contributed by atoms with E-state index >= 15 is 0 Å². The van der Waals surface area contributed by atoms with Gasteiger partial charge in [0.2, 0.25) is 0 Å². The number of fused-ring (bicyclic) bond motifs is 1. The van der Waals surface area contributed by atoms with Crippen LogP contribution < -0.4 is 10.2 Å². The second-order valence-electron chi connectivity index (χ2n) is 6.62. The minimum Gasteiger partial charge on any atom is -0.481 e. The minimum absolute atomic E-state index is 0.0315. The SMILES string of the molecule is O=C(O)CCNC1CCc2ccccc2N(c2ccc(C(F)(F)F)cc2)C1. The number of nitrogens with zero attached hydrogens (tertiary/aromatic N) is 1. The van der Waals surface area contributed by atoms with E-state index in [-0.39, 0.29) is 12.5 Å². The summed E-state index contributed by atoms with van der Waals surface area (Å²) in [6.45, 7) is 0.916. The smallest absolute Gasteiger partial charge is 0.416 e. The summed E-state index contributed by atoms with van der Waals surface area (Å²) in [5.74, 6) is -0.862. The van der Waals surface area contributed by atoms with Crippen LogP contribution in [0.1, 0.15) is 24.0 Å². The molecule has 0 aliphatic carbocycles. The van der Waals surface area contributed by atoms with E-state index in [4.69, 9.17) is 5.11 Å². The molecule has 0 saturated heterocycles. The first kappa shape index (κ1) is 19.2. The van der Waals surface area contributed by atoms with Crippen molar-refractivity contribution < 1.29 is 23.1 Å². The zero-order valence-corrected chi connectivity index (χ0v) is 14.7. The van der Waals surface area contributed by atoms with Gasteiger partial charge >= 0.3 is 12.1 Å². The third-order valence-corrected chi connectivity index (χ3v) is 4.73. The molecule has 1 aliphatic heterocycles. The van der Waals surface area contributed by atoms with E-state index in [0.717, 1.165) is 36.2 Å². The van der Waals surface area contributed by atoms with Crippen molar-refractivity contribution in [2.45, 2.75) is 31.5 Å². The lowest BCUT2D eigenvalue weighted by Gasteiger charge is -2.28. The molecule has 2 aromatic rings. The van der Waals surface area contributed by atoms with E-state index in [1.54, 1.807) is 0 Å². The maximum Gasteiger partial charge on any atom is 0.416 e. The minimum atomic E-state index is -4.36. The molecule has 144 valence electrons. The topological polar surface area (TPSA) is 52.6 Å². The summed E-state index contributed by atoms with van der Waals surface area (Å²) >= 11 is 0. The molecule has 0 saturated carbocycles. The van der Waals surface area contributed by atoms with Gasteiger partial charge in [-0.25, -0.2) is 0 Å². The van der Waals surface area contributed by atoms with Gasteiger partial charge in [0.1, 0.15) is 0 Å². The first-order valence-electron chi connectivity index (χ1n) is 8.82. The highest BCUT2D eigenvalue weighted by atomic mass is 19.4. The molecule has 0 bridgehead atoms. The van der Waals surface area contributed by atoms with Crippen molar-refractivity contribution in [3.05, 3.63) is 59.7 Å². The third-order valence-electron chi connectivity index (χ3n) is 4.73. The highest BCUT2D eigenvalue weighted by molar-refractivity contribution is 5.68. The Morgan fingerprint density at radius 1 is 1.15 bits per heavy atom. The Hall–Kier alpha value is -2.54. The molecule has 0 spiro atoms. The number of rotatable bonds is 5. The Labute approximate surface area is 155 Å². The number of halogens is 3. The number of hydrogen-bond acceptors (Lipinski definition) is 3. The van der Waals surface area contributed by atoms with E-state index in [2.05, 4.69) is 5.32 Å². The maximum atomic E-state index is 12.9. The number of carbonyl (C=O) groups is 1. The summed E-state index contributed by atoms with van der Waals surface area (Å²) < 4.78 is 38.6. The van der Waals surface area contributed by atoms with Crippen LogP contribution >= 0.6 is 0 Å². The standard InChI is InChI=1S/C20H21F3N2O2/c21-20(22,23)15-6-9-17(10-7-15)25-13-16(24-12-11-19(26)27)8-5-14-3-1-2-4-18(14)25/h1-4,6-7,9-10,16,24H,5,8,11-13H2,(H,26,27). The van der Waals surface area contributed by atoms with Crippen molar-refractivity contribution in [2.75, 3.05) is 18.0 Å². The second kappa shape index (κ2) is 8.00. The third kappa shape index (κ3) is 4.80. The number of alkyl halides is 3. The highest BCUT2D eigenvalue weighted by Crippen LogP contribution is 2.35. The van der Waals surface area contributed by atoms with E-state index in [1.807, 2.05) is 29.2 Å². The second-order valence-corrected chi connectivity index (χ2v) is 6.62. The molecule has 7 heteroatoms. The number of para-hydroxylation sites is 1. The molecule has 2 N–H and O–H groups in total. The number of anilines is 2. The maximum absolute atomic E-state index is 12.9. The van der Waals surface area contributed by atoms with Crippen molar-refractivity contribution in [3.63, 3.8) is 0 Å². The number of aliphatic carboxylic acids is 1. The molecule has 2 aromatic carbocycles. The molecule has 1 atom stereocenters. The lowest BCUT2D eigenvalue weighted by molar-refractivity contribution is -0.138.